The second kappa shape index (κ2) is 6.51. The monoisotopic (exact) mass is 217 g/mol. The van der Waals surface area contributed by atoms with Gasteiger partial charge in [-0.2, -0.15) is 0 Å². The molecule has 0 heterocycles. The van der Waals surface area contributed by atoms with Gasteiger partial charge in [0, 0.05) is 18.3 Å². The van der Waals surface area contributed by atoms with E-state index in [0.717, 1.165) is 6.32 Å². The summed E-state index contributed by atoms with van der Waals surface area (Å²) in [5.74, 6) is 0. The fraction of sp³-hybridized carbons (Fsp3) is 1.00. The molecule has 0 aromatic carbocycles. The molecule has 0 aliphatic carbocycles. The van der Waals surface area contributed by atoms with Crippen LogP contribution in [0.3, 0.4) is 0 Å². The molecule has 0 saturated carbocycles. The van der Waals surface area contributed by atoms with Crippen molar-refractivity contribution in [3.05, 3.63) is 0 Å². The molecule has 0 bridgehead atoms. The molecule has 0 amide bonds. The lowest BCUT2D eigenvalue weighted by Crippen LogP contribution is -2.50. The Labute approximate surface area is 94.5 Å². The summed E-state index contributed by atoms with van der Waals surface area (Å²) in [6, 6.07) is 0. The van der Waals surface area contributed by atoms with Crippen LogP contribution in [0.1, 0.15) is 48.5 Å². The van der Waals surface area contributed by atoms with Crippen LogP contribution in [0.15, 0.2) is 0 Å². The van der Waals surface area contributed by atoms with Crippen LogP contribution in [-0.4, -0.2) is 25.1 Å². The van der Waals surface area contributed by atoms with Crippen molar-refractivity contribution >= 4 is 6.75 Å². The topological polar surface area (TPSA) is 27.7 Å². The summed E-state index contributed by atoms with van der Waals surface area (Å²) in [5.41, 5.74) is 0. The average molecular weight is 217 g/mol. The molecule has 0 rings (SSSR count). The zero-order chi connectivity index (χ0) is 12.1. The molecule has 15 heavy (non-hydrogen) atoms. The largest absolute Gasteiger partial charge is 0.542 e. The standard InChI is InChI=1S/C11H26BO3/c1-8-12(13-9(2)3,14-10(4)5)15-11(6)7/h9-11H,8H2,1-7H3/q-1. The van der Waals surface area contributed by atoms with Crippen LogP contribution in [0.4, 0.5) is 0 Å². The minimum atomic E-state index is -1.60. The van der Waals surface area contributed by atoms with Crippen LogP contribution < -0.4 is 0 Å². The third kappa shape index (κ3) is 6.18. The van der Waals surface area contributed by atoms with Gasteiger partial charge in [-0.05, 0) is 41.5 Å². The Hall–Kier alpha value is -0.0551. The van der Waals surface area contributed by atoms with E-state index in [9.17, 15) is 0 Å². The summed E-state index contributed by atoms with van der Waals surface area (Å²) in [4.78, 5) is 0. The molecular weight excluding hydrogens is 191 g/mol. The molecule has 0 aromatic heterocycles. The summed E-state index contributed by atoms with van der Waals surface area (Å²) < 4.78 is 17.5. The van der Waals surface area contributed by atoms with Crippen molar-refractivity contribution in [2.75, 3.05) is 0 Å². The SMILES string of the molecule is CC[B-](OC(C)C)(OC(C)C)OC(C)C. The fourth-order valence-corrected chi connectivity index (χ4v) is 1.63. The molecule has 0 aliphatic rings. The highest BCUT2D eigenvalue weighted by atomic mass is 16.8. The first-order chi connectivity index (χ1) is 6.81. The summed E-state index contributed by atoms with van der Waals surface area (Å²) in [7, 11) is 0. The van der Waals surface area contributed by atoms with E-state index >= 15 is 0 Å². The molecule has 0 aliphatic heterocycles. The molecular formula is C11H26BO3-. The van der Waals surface area contributed by atoms with Gasteiger partial charge in [-0.3, -0.25) is 0 Å². The highest BCUT2D eigenvalue weighted by molar-refractivity contribution is 6.60. The molecule has 0 spiro atoms. The van der Waals surface area contributed by atoms with E-state index in [2.05, 4.69) is 0 Å². The minimum Gasteiger partial charge on any atom is -0.542 e. The Morgan fingerprint density at radius 1 is 0.733 bits per heavy atom. The lowest BCUT2D eigenvalue weighted by atomic mass is 9.73. The van der Waals surface area contributed by atoms with Gasteiger partial charge in [0.25, 0.3) is 0 Å². The van der Waals surface area contributed by atoms with Gasteiger partial charge < -0.3 is 14.0 Å². The van der Waals surface area contributed by atoms with Gasteiger partial charge >= 0.3 is 6.75 Å². The van der Waals surface area contributed by atoms with E-state index in [1.165, 1.54) is 0 Å². The number of rotatable bonds is 7. The maximum atomic E-state index is 5.83. The molecule has 0 saturated heterocycles. The Bertz CT molecular complexity index is 143. The molecule has 0 atom stereocenters. The number of hydrogen-bond acceptors (Lipinski definition) is 3. The van der Waals surface area contributed by atoms with Crippen molar-refractivity contribution in [1.29, 1.82) is 0 Å². The van der Waals surface area contributed by atoms with Crippen LogP contribution >= 0.6 is 0 Å². The van der Waals surface area contributed by atoms with E-state index < -0.39 is 6.75 Å². The Balaban J connectivity index is 4.59. The van der Waals surface area contributed by atoms with Gasteiger partial charge in [0.1, 0.15) is 0 Å². The third-order valence-corrected chi connectivity index (χ3v) is 1.94. The van der Waals surface area contributed by atoms with Gasteiger partial charge in [0.2, 0.25) is 0 Å². The second-order valence-corrected chi connectivity index (χ2v) is 4.75. The first-order valence-corrected chi connectivity index (χ1v) is 5.99. The molecule has 4 heteroatoms. The summed E-state index contributed by atoms with van der Waals surface area (Å²) in [6.07, 6.45) is 1.08. The highest BCUT2D eigenvalue weighted by Crippen LogP contribution is 2.21. The van der Waals surface area contributed by atoms with Crippen molar-refractivity contribution in [1.82, 2.24) is 0 Å². The molecule has 0 fully saturated rings. The van der Waals surface area contributed by atoms with Crippen molar-refractivity contribution in [2.45, 2.75) is 73.1 Å². The van der Waals surface area contributed by atoms with Crippen LogP contribution in [0.25, 0.3) is 0 Å². The lowest BCUT2D eigenvalue weighted by molar-refractivity contribution is 0.00418. The maximum Gasteiger partial charge on any atom is 0.379 e. The van der Waals surface area contributed by atoms with Gasteiger partial charge in [-0.1, -0.05) is 6.92 Å². The molecule has 0 unspecified atom stereocenters. The van der Waals surface area contributed by atoms with Crippen LogP contribution in [0, 0.1) is 0 Å². The molecule has 0 radical (unpaired) electrons. The Morgan fingerprint density at radius 2 is 1.00 bits per heavy atom. The molecule has 3 nitrogen and oxygen atoms in total. The average Bonchev–Trinajstić information content (AvgIpc) is 1.99. The molecule has 92 valence electrons. The van der Waals surface area contributed by atoms with E-state index in [0.29, 0.717) is 0 Å². The van der Waals surface area contributed by atoms with E-state index in [-0.39, 0.29) is 18.3 Å². The maximum absolute atomic E-state index is 5.83. The predicted molar refractivity (Wildman–Crippen MR) is 64.9 cm³/mol. The summed E-state index contributed by atoms with van der Waals surface area (Å²) in [5, 5.41) is 0. The van der Waals surface area contributed by atoms with Gasteiger partial charge in [-0.15, -0.1) is 6.32 Å². The Kier molecular flexibility index (Phi) is 6.49. The quantitative estimate of drug-likeness (QED) is 0.613. The second-order valence-electron chi connectivity index (χ2n) is 4.75. The van der Waals surface area contributed by atoms with Gasteiger partial charge in [0.05, 0.1) is 0 Å². The first kappa shape index (κ1) is 14.9. The first-order valence-electron chi connectivity index (χ1n) is 5.99. The lowest BCUT2D eigenvalue weighted by Gasteiger charge is -2.45. The van der Waals surface area contributed by atoms with E-state index in [1.54, 1.807) is 0 Å². The van der Waals surface area contributed by atoms with Crippen molar-refractivity contribution in [3.63, 3.8) is 0 Å². The van der Waals surface area contributed by atoms with Crippen LogP contribution in [0.2, 0.25) is 6.32 Å². The van der Waals surface area contributed by atoms with E-state index in [1.807, 2.05) is 48.5 Å². The smallest absolute Gasteiger partial charge is 0.379 e. The molecule has 0 N–H and O–H groups in total. The Morgan fingerprint density at radius 3 is 1.13 bits per heavy atom. The van der Waals surface area contributed by atoms with Crippen molar-refractivity contribution in [2.24, 2.45) is 0 Å². The fourth-order valence-electron chi connectivity index (χ4n) is 1.63. The zero-order valence-corrected chi connectivity index (χ0v) is 11.2. The van der Waals surface area contributed by atoms with Crippen molar-refractivity contribution in [3.8, 4) is 0 Å². The van der Waals surface area contributed by atoms with Crippen LogP contribution in [0.5, 0.6) is 0 Å². The third-order valence-electron chi connectivity index (χ3n) is 1.94. The van der Waals surface area contributed by atoms with Gasteiger partial charge in [0.15, 0.2) is 0 Å². The highest BCUT2D eigenvalue weighted by Gasteiger charge is 2.30. The normalized spacial score (nSPS) is 13.2. The van der Waals surface area contributed by atoms with E-state index in [4.69, 9.17) is 14.0 Å². The zero-order valence-electron chi connectivity index (χ0n) is 11.2. The van der Waals surface area contributed by atoms with Crippen molar-refractivity contribution < 1.29 is 14.0 Å². The number of hydrogen-bond donors (Lipinski definition) is 0. The minimum absolute atomic E-state index is 0.113. The molecule has 0 aromatic rings. The predicted octanol–water partition coefficient (Wildman–Crippen LogP) is 3.22. The summed E-state index contributed by atoms with van der Waals surface area (Å²) >= 11 is 0. The van der Waals surface area contributed by atoms with Gasteiger partial charge in [-0.25, -0.2) is 0 Å². The van der Waals surface area contributed by atoms with Crippen LogP contribution in [-0.2, 0) is 14.0 Å². The summed E-state index contributed by atoms with van der Waals surface area (Å²) in [6.45, 7) is 12.4.